The number of benzene rings is 2. The molecule has 2 saturated heterocycles. The van der Waals surface area contributed by atoms with Crippen LogP contribution in [0.4, 0.5) is 5.69 Å². The van der Waals surface area contributed by atoms with Gasteiger partial charge >= 0.3 is 0 Å². The third kappa shape index (κ3) is 3.82. The molecule has 0 bridgehead atoms. The second kappa shape index (κ2) is 8.05. The number of likely N-dealkylation sites (tertiary alicyclic amines) is 1. The zero-order valence-corrected chi connectivity index (χ0v) is 16.5. The number of hydrogen-bond donors (Lipinski definition) is 0. The third-order valence-corrected chi connectivity index (χ3v) is 5.93. The Morgan fingerprint density at radius 1 is 0.931 bits per heavy atom. The van der Waals surface area contributed by atoms with Gasteiger partial charge in [-0.2, -0.15) is 0 Å². The van der Waals surface area contributed by atoms with Crippen molar-refractivity contribution in [2.75, 3.05) is 44.4 Å². The lowest BCUT2D eigenvalue weighted by Crippen LogP contribution is -2.41. The first-order valence-electron chi connectivity index (χ1n) is 10.4. The second-order valence-electron chi connectivity index (χ2n) is 7.80. The van der Waals surface area contributed by atoms with Crippen LogP contribution in [-0.2, 0) is 16.1 Å². The number of rotatable bonds is 4. The number of amides is 1. The van der Waals surface area contributed by atoms with Crippen molar-refractivity contribution in [3.05, 3.63) is 53.6 Å². The standard InChI is InChI=1S/C23H26N2O4/c26-23-16-27-11-10-25(23)19-6-3-17(4-7-19)15-24-9-1-2-20(24)18-5-8-21-22(14-18)29-13-12-28-21/h3-8,14,20H,1-2,9-13,15-16H2. The topological polar surface area (TPSA) is 51.2 Å². The summed E-state index contributed by atoms with van der Waals surface area (Å²) in [6.45, 7) is 4.61. The van der Waals surface area contributed by atoms with Gasteiger partial charge in [0.1, 0.15) is 19.8 Å². The molecule has 0 saturated carbocycles. The molecule has 1 unspecified atom stereocenters. The highest BCUT2D eigenvalue weighted by Crippen LogP contribution is 2.38. The summed E-state index contributed by atoms with van der Waals surface area (Å²) in [6.07, 6.45) is 2.35. The number of nitrogens with zero attached hydrogens (tertiary/aromatic N) is 2. The smallest absolute Gasteiger partial charge is 0.253 e. The molecule has 1 atom stereocenters. The highest BCUT2D eigenvalue weighted by Gasteiger charge is 2.27. The molecule has 2 aromatic rings. The van der Waals surface area contributed by atoms with Crippen molar-refractivity contribution in [2.45, 2.75) is 25.4 Å². The summed E-state index contributed by atoms with van der Waals surface area (Å²) in [7, 11) is 0. The zero-order valence-electron chi connectivity index (χ0n) is 16.5. The van der Waals surface area contributed by atoms with E-state index in [-0.39, 0.29) is 12.5 Å². The lowest BCUT2D eigenvalue weighted by atomic mass is 10.0. The Morgan fingerprint density at radius 2 is 1.76 bits per heavy atom. The number of hydrogen-bond acceptors (Lipinski definition) is 5. The highest BCUT2D eigenvalue weighted by atomic mass is 16.6. The molecule has 0 aromatic heterocycles. The predicted molar refractivity (Wildman–Crippen MR) is 109 cm³/mol. The van der Waals surface area contributed by atoms with E-state index in [2.05, 4.69) is 29.2 Å². The Hall–Kier alpha value is -2.57. The molecule has 3 aliphatic rings. The van der Waals surface area contributed by atoms with E-state index >= 15 is 0 Å². The van der Waals surface area contributed by atoms with Crippen LogP contribution in [-0.4, -0.2) is 50.3 Å². The van der Waals surface area contributed by atoms with Crippen molar-refractivity contribution in [3.8, 4) is 11.5 Å². The van der Waals surface area contributed by atoms with E-state index in [1.807, 2.05) is 18.2 Å². The molecular formula is C23H26N2O4. The first-order valence-corrected chi connectivity index (χ1v) is 10.4. The van der Waals surface area contributed by atoms with Gasteiger partial charge in [-0.25, -0.2) is 0 Å². The normalized spacial score (nSPS) is 22.1. The van der Waals surface area contributed by atoms with Gasteiger partial charge in [-0.05, 0) is 54.8 Å². The van der Waals surface area contributed by atoms with Crippen molar-refractivity contribution in [2.24, 2.45) is 0 Å². The van der Waals surface area contributed by atoms with Crippen molar-refractivity contribution >= 4 is 11.6 Å². The molecule has 1 amide bonds. The Labute approximate surface area is 171 Å². The maximum Gasteiger partial charge on any atom is 0.253 e. The van der Waals surface area contributed by atoms with Crippen LogP contribution in [0.15, 0.2) is 42.5 Å². The number of anilines is 1. The van der Waals surface area contributed by atoms with Gasteiger partial charge in [-0.1, -0.05) is 18.2 Å². The summed E-state index contributed by atoms with van der Waals surface area (Å²) in [5.74, 6) is 1.74. The largest absolute Gasteiger partial charge is 0.486 e. The van der Waals surface area contributed by atoms with Gasteiger partial charge in [0.2, 0.25) is 0 Å². The van der Waals surface area contributed by atoms with Crippen molar-refractivity contribution in [1.82, 2.24) is 4.90 Å². The number of fused-ring (bicyclic) bond motifs is 1. The maximum absolute atomic E-state index is 12.0. The summed E-state index contributed by atoms with van der Waals surface area (Å²) >= 11 is 0. The molecule has 2 aromatic carbocycles. The van der Waals surface area contributed by atoms with Gasteiger partial charge in [0.15, 0.2) is 11.5 Å². The SMILES string of the molecule is O=C1COCCN1c1ccc(CN2CCCC2c2ccc3c(c2)OCCO3)cc1. The molecule has 3 aliphatic heterocycles. The molecule has 0 aliphatic carbocycles. The van der Waals surface area contributed by atoms with Crippen LogP contribution in [0.1, 0.15) is 30.0 Å². The summed E-state index contributed by atoms with van der Waals surface area (Å²) in [5.41, 5.74) is 3.51. The molecule has 6 nitrogen and oxygen atoms in total. The first-order chi connectivity index (χ1) is 14.3. The number of morpholine rings is 1. The average molecular weight is 394 g/mol. The van der Waals surface area contributed by atoms with E-state index in [4.69, 9.17) is 14.2 Å². The Balaban J connectivity index is 1.29. The van der Waals surface area contributed by atoms with E-state index in [0.717, 1.165) is 36.7 Å². The second-order valence-corrected chi connectivity index (χ2v) is 7.80. The summed E-state index contributed by atoms with van der Waals surface area (Å²) in [4.78, 5) is 16.4. The lowest BCUT2D eigenvalue weighted by Gasteiger charge is -2.28. The van der Waals surface area contributed by atoms with E-state index < -0.39 is 0 Å². The van der Waals surface area contributed by atoms with Crippen LogP contribution in [0.2, 0.25) is 0 Å². The fraction of sp³-hybridized carbons (Fsp3) is 0.435. The first kappa shape index (κ1) is 18.5. The van der Waals surface area contributed by atoms with Gasteiger partial charge in [-0.3, -0.25) is 9.69 Å². The van der Waals surface area contributed by atoms with Crippen LogP contribution in [0.25, 0.3) is 0 Å². The van der Waals surface area contributed by atoms with Gasteiger partial charge in [-0.15, -0.1) is 0 Å². The zero-order chi connectivity index (χ0) is 19.6. The van der Waals surface area contributed by atoms with Crippen molar-refractivity contribution in [3.63, 3.8) is 0 Å². The fourth-order valence-corrected chi connectivity index (χ4v) is 4.47. The maximum atomic E-state index is 12.0. The molecule has 0 spiro atoms. The van der Waals surface area contributed by atoms with Crippen LogP contribution >= 0.6 is 0 Å². The molecule has 0 N–H and O–H groups in total. The fourth-order valence-electron chi connectivity index (χ4n) is 4.47. The van der Waals surface area contributed by atoms with Gasteiger partial charge in [0.25, 0.3) is 5.91 Å². The van der Waals surface area contributed by atoms with Crippen LogP contribution < -0.4 is 14.4 Å². The average Bonchev–Trinajstić information content (AvgIpc) is 3.22. The van der Waals surface area contributed by atoms with E-state index in [0.29, 0.717) is 32.4 Å². The van der Waals surface area contributed by atoms with E-state index in [1.54, 1.807) is 4.90 Å². The summed E-state index contributed by atoms with van der Waals surface area (Å²) in [6, 6.07) is 15.1. The molecule has 29 heavy (non-hydrogen) atoms. The molecular weight excluding hydrogens is 368 g/mol. The molecule has 3 heterocycles. The van der Waals surface area contributed by atoms with Crippen LogP contribution in [0, 0.1) is 0 Å². The monoisotopic (exact) mass is 394 g/mol. The molecule has 152 valence electrons. The van der Waals surface area contributed by atoms with Gasteiger partial charge in [0.05, 0.1) is 6.61 Å². The number of carbonyl (C=O) groups excluding carboxylic acids is 1. The Kier molecular flexibility index (Phi) is 5.12. The Morgan fingerprint density at radius 3 is 2.59 bits per heavy atom. The van der Waals surface area contributed by atoms with Crippen LogP contribution in [0.5, 0.6) is 11.5 Å². The highest BCUT2D eigenvalue weighted by molar-refractivity contribution is 5.94. The Bertz CT molecular complexity index is 883. The quantitative estimate of drug-likeness (QED) is 0.797. The molecule has 2 fully saturated rings. The minimum absolute atomic E-state index is 0.0298. The van der Waals surface area contributed by atoms with Crippen LogP contribution in [0.3, 0.4) is 0 Å². The predicted octanol–water partition coefficient (Wildman–Crippen LogP) is 3.16. The molecule has 0 radical (unpaired) electrons. The number of carbonyl (C=O) groups is 1. The minimum Gasteiger partial charge on any atom is -0.486 e. The third-order valence-electron chi connectivity index (χ3n) is 5.93. The molecule has 5 rings (SSSR count). The number of ether oxygens (including phenoxy) is 3. The van der Waals surface area contributed by atoms with Crippen molar-refractivity contribution in [1.29, 1.82) is 0 Å². The molecule has 6 heteroatoms. The van der Waals surface area contributed by atoms with Gasteiger partial charge < -0.3 is 19.1 Å². The minimum atomic E-state index is 0.0298. The van der Waals surface area contributed by atoms with Gasteiger partial charge in [0, 0.05) is 24.8 Å². The van der Waals surface area contributed by atoms with E-state index in [1.165, 1.54) is 17.5 Å². The van der Waals surface area contributed by atoms with E-state index in [9.17, 15) is 4.79 Å². The summed E-state index contributed by atoms with van der Waals surface area (Å²) in [5, 5.41) is 0. The van der Waals surface area contributed by atoms with Crippen molar-refractivity contribution < 1.29 is 19.0 Å². The summed E-state index contributed by atoms with van der Waals surface area (Å²) < 4.78 is 16.6. The lowest BCUT2D eigenvalue weighted by molar-refractivity contribution is -0.125.